The van der Waals surface area contributed by atoms with E-state index < -0.39 is 0 Å². The van der Waals surface area contributed by atoms with Crippen LogP contribution in [-0.4, -0.2) is 21.9 Å². The number of rotatable bonds is 2. The van der Waals surface area contributed by atoms with Crippen LogP contribution >= 0.6 is 0 Å². The Bertz CT molecular complexity index is 465. The van der Waals surface area contributed by atoms with Gasteiger partial charge >= 0.3 is 0 Å². The van der Waals surface area contributed by atoms with Crippen LogP contribution in [0.3, 0.4) is 0 Å². The molecule has 2 N–H and O–H groups in total. The van der Waals surface area contributed by atoms with Crippen molar-refractivity contribution in [3.05, 3.63) is 30.4 Å². The van der Waals surface area contributed by atoms with E-state index in [0.29, 0.717) is 11.4 Å². The minimum atomic E-state index is 0.706. The number of benzene rings is 1. The van der Waals surface area contributed by atoms with Gasteiger partial charge in [0.15, 0.2) is 0 Å². The lowest BCUT2D eigenvalue weighted by molar-refractivity contribution is 0.413. The predicted molar refractivity (Wildman–Crippen MR) is 57.1 cm³/mol. The molecule has 2 rings (SSSR count). The summed E-state index contributed by atoms with van der Waals surface area (Å²) in [4.78, 5) is 0. The van der Waals surface area contributed by atoms with Gasteiger partial charge in [-0.05, 0) is 18.6 Å². The van der Waals surface area contributed by atoms with Crippen molar-refractivity contribution in [1.29, 1.82) is 0 Å². The Hall–Kier alpha value is -2.04. The van der Waals surface area contributed by atoms with Gasteiger partial charge in [0.25, 0.3) is 0 Å². The smallest absolute Gasteiger partial charge is 0.144 e. The lowest BCUT2D eigenvalue weighted by Crippen LogP contribution is -1.99. The summed E-state index contributed by atoms with van der Waals surface area (Å²) in [5, 5.41) is 7.50. The van der Waals surface area contributed by atoms with Gasteiger partial charge in [-0.1, -0.05) is 0 Å². The van der Waals surface area contributed by atoms with E-state index in [4.69, 9.17) is 10.5 Å². The molecule has 0 spiro atoms. The highest BCUT2D eigenvalue weighted by molar-refractivity contribution is 5.60. The van der Waals surface area contributed by atoms with Gasteiger partial charge in [0.05, 0.1) is 12.8 Å². The van der Waals surface area contributed by atoms with Crippen LogP contribution in [0.5, 0.6) is 5.75 Å². The Balaban J connectivity index is 2.60. The van der Waals surface area contributed by atoms with Crippen molar-refractivity contribution < 1.29 is 4.74 Å². The maximum Gasteiger partial charge on any atom is 0.144 e. The summed E-state index contributed by atoms with van der Waals surface area (Å²) in [7, 11) is 1.61. The van der Waals surface area contributed by atoms with E-state index in [2.05, 4.69) is 10.2 Å². The summed E-state index contributed by atoms with van der Waals surface area (Å²) in [6.07, 6.45) is 3.24. The van der Waals surface area contributed by atoms with Crippen LogP contribution < -0.4 is 10.5 Å². The highest BCUT2D eigenvalue weighted by Gasteiger charge is 2.07. The molecule has 0 bridgehead atoms. The SMILES string of the molecule is COc1cc(N)c(C)cc1-n1cnnc1. The van der Waals surface area contributed by atoms with Crippen LogP contribution in [0.4, 0.5) is 5.69 Å². The fourth-order valence-electron chi connectivity index (χ4n) is 1.38. The Morgan fingerprint density at radius 1 is 1.27 bits per heavy atom. The monoisotopic (exact) mass is 204 g/mol. The minimum absolute atomic E-state index is 0.706. The van der Waals surface area contributed by atoms with Crippen LogP contribution in [-0.2, 0) is 0 Å². The third-order valence-corrected chi connectivity index (χ3v) is 2.26. The summed E-state index contributed by atoms with van der Waals surface area (Å²) < 4.78 is 7.03. The summed E-state index contributed by atoms with van der Waals surface area (Å²) >= 11 is 0. The number of hydrogen-bond donors (Lipinski definition) is 1. The van der Waals surface area contributed by atoms with Gasteiger partial charge in [-0.25, -0.2) is 0 Å². The maximum absolute atomic E-state index is 5.80. The molecular weight excluding hydrogens is 192 g/mol. The molecule has 15 heavy (non-hydrogen) atoms. The highest BCUT2D eigenvalue weighted by atomic mass is 16.5. The molecule has 0 aliphatic rings. The van der Waals surface area contributed by atoms with E-state index in [9.17, 15) is 0 Å². The fraction of sp³-hybridized carbons (Fsp3) is 0.200. The predicted octanol–water partition coefficient (Wildman–Crippen LogP) is 1.17. The van der Waals surface area contributed by atoms with Crippen molar-refractivity contribution in [2.45, 2.75) is 6.92 Å². The molecule has 0 amide bonds. The molecule has 0 fully saturated rings. The Morgan fingerprint density at radius 3 is 2.53 bits per heavy atom. The molecule has 0 unspecified atom stereocenters. The average Bonchev–Trinajstić information content (AvgIpc) is 2.74. The molecule has 5 nitrogen and oxygen atoms in total. The summed E-state index contributed by atoms with van der Waals surface area (Å²) in [5.41, 5.74) is 8.39. The number of hydrogen-bond acceptors (Lipinski definition) is 4. The van der Waals surface area contributed by atoms with Gasteiger partial charge in [0.2, 0.25) is 0 Å². The van der Waals surface area contributed by atoms with Crippen molar-refractivity contribution in [2.24, 2.45) is 0 Å². The second-order valence-electron chi connectivity index (χ2n) is 3.25. The Morgan fingerprint density at radius 2 is 1.93 bits per heavy atom. The maximum atomic E-state index is 5.80. The van der Waals surface area contributed by atoms with Gasteiger partial charge in [0, 0.05) is 11.8 Å². The highest BCUT2D eigenvalue weighted by Crippen LogP contribution is 2.27. The molecule has 78 valence electrons. The molecule has 0 aliphatic carbocycles. The van der Waals surface area contributed by atoms with E-state index >= 15 is 0 Å². The number of aryl methyl sites for hydroxylation is 1. The van der Waals surface area contributed by atoms with Crippen molar-refractivity contribution in [1.82, 2.24) is 14.8 Å². The van der Waals surface area contributed by atoms with Crippen LogP contribution in [0.2, 0.25) is 0 Å². The zero-order chi connectivity index (χ0) is 10.8. The van der Waals surface area contributed by atoms with Crippen molar-refractivity contribution >= 4 is 5.69 Å². The second-order valence-corrected chi connectivity index (χ2v) is 3.25. The van der Waals surface area contributed by atoms with Crippen LogP contribution in [0.15, 0.2) is 24.8 Å². The number of anilines is 1. The van der Waals surface area contributed by atoms with Gasteiger partial charge in [-0.2, -0.15) is 0 Å². The van der Waals surface area contributed by atoms with Gasteiger partial charge in [0.1, 0.15) is 18.4 Å². The lowest BCUT2D eigenvalue weighted by Gasteiger charge is -2.11. The number of nitrogen functional groups attached to an aromatic ring is 1. The number of methoxy groups -OCH3 is 1. The second kappa shape index (κ2) is 3.61. The lowest BCUT2D eigenvalue weighted by atomic mass is 10.1. The van der Waals surface area contributed by atoms with Crippen molar-refractivity contribution in [2.75, 3.05) is 12.8 Å². The Kier molecular flexibility index (Phi) is 2.29. The first kappa shape index (κ1) is 9.51. The van der Waals surface area contributed by atoms with E-state index in [0.717, 1.165) is 11.3 Å². The number of nitrogens with two attached hydrogens (primary N) is 1. The van der Waals surface area contributed by atoms with E-state index in [-0.39, 0.29) is 0 Å². The molecule has 1 heterocycles. The molecular formula is C10H12N4O. The molecule has 0 radical (unpaired) electrons. The summed E-state index contributed by atoms with van der Waals surface area (Å²) in [6.45, 7) is 1.95. The number of aromatic nitrogens is 3. The standard InChI is InChI=1S/C10H12N4O/c1-7-3-9(14-5-12-13-6-14)10(15-2)4-8(7)11/h3-6H,11H2,1-2H3. The van der Waals surface area contributed by atoms with Gasteiger partial charge in [-0.3, -0.25) is 4.57 Å². The first-order chi connectivity index (χ1) is 7.22. The molecule has 0 saturated heterocycles. The summed E-state index contributed by atoms with van der Waals surface area (Å²) in [6, 6.07) is 3.74. The first-order valence-electron chi connectivity index (χ1n) is 4.51. The van der Waals surface area contributed by atoms with Crippen molar-refractivity contribution in [3.63, 3.8) is 0 Å². The average molecular weight is 204 g/mol. The van der Waals surface area contributed by atoms with Crippen LogP contribution in [0, 0.1) is 6.92 Å². The molecule has 1 aromatic heterocycles. The third-order valence-electron chi connectivity index (χ3n) is 2.26. The quantitative estimate of drug-likeness (QED) is 0.745. The zero-order valence-electron chi connectivity index (χ0n) is 8.64. The minimum Gasteiger partial charge on any atom is -0.494 e. The molecule has 5 heteroatoms. The van der Waals surface area contributed by atoms with E-state index in [1.165, 1.54) is 0 Å². The molecule has 2 aromatic rings. The van der Waals surface area contributed by atoms with Gasteiger partial charge in [-0.15, -0.1) is 10.2 Å². The normalized spacial score (nSPS) is 10.3. The number of nitrogens with zero attached hydrogens (tertiary/aromatic N) is 3. The summed E-state index contributed by atoms with van der Waals surface area (Å²) in [5.74, 6) is 0.706. The van der Waals surface area contributed by atoms with Crippen molar-refractivity contribution in [3.8, 4) is 11.4 Å². The molecule has 1 aromatic carbocycles. The third kappa shape index (κ3) is 1.63. The zero-order valence-corrected chi connectivity index (χ0v) is 8.64. The van der Waals surface area contributed by atoms with E-state index in [1.807, 2.05) is 13.0 Å². The molecule has 0 atom stereocenters. The van der Waals surface area contributed by atoms with E-state index in [1.54, 1.807) is 30.4 Å². The molecule has 0 aliphatic heterocycles. The number of ether oxygens (including phenoxy) is 1. The Labute approximate surface area is 87.5 Å². The topological polar surface area (TPSA) is 66.0 Å². The van der Waals surface area contributed by atoms with Crippen LogP contribution in [0.25, 0.3) is 5.69 Å². The largest absolute Gasteiger partial charge is 0.494 e. The first-order valence-corrected chi connectivity index (χ1v) is 4.51. The fourth-order valence-corrected chi connectivity index (χ4v) is 1.38. The van der Waals surface area contributed by atoms with Crippen LogP contribution in [0.1, 0.15) is 5.56 Å². The van der Waals surface area contributed by atoms with Gasteiger partial charge < -0.3 is 10.5 Å². The molecule has 0 saturated carbocycles.